The molecule has 0 spiro atoms. The van der Waals surface area contributed by atoms with Gasteiger partial charge in [-0.05, 0) is 129 Å². The van der Waals surface area contributed by atoms with Gasteiger partial charge in [0.05, 0.1) is 11.2 Å². The van der Waals surface area contributed by atoms with Crippen LogP contribution in [0.5, 0.6) is 0 Å². The zero-order chi connectivity index (χ0) is 39.0. The van der Waals surface area contributed by atoms with Crippen LogP contribution in [0.1, 0.15) is 7.43 Å². The van der Waals surface area contributed by atoms with Crippen molar-refractivity contribution in [1.82, 2.24) is 9.55 Å². The van der Waals surface area contributed by atoms with Crippen molar-refractivity contribution in [3.63, 3.8) is 0 Å². The first kappa shape index (κ1) is 40.7. The van der Waals surface area contributed by atoms with Gasteiger partial charge in [-0.3, -0.25) is 0 Å². The molecule has 284 valence electrons. The van der Waals surface area contributed by atoms with E-state index in [-0.39, 0.29) is 7.43 Å². The number of aromatic nitrogens is 2. The van der Waals surface area contributed by atoms with Crippen molar-refractivity contribution in [1.29, 1.82) is 0 Å². The Morgan fingerprint density at radius 1 is 0.397 bits per heavy atom. The van der Waals surface area contributed by atoms with Crippen LogP contribution in [0.4, 0.5) is 0 Å². The molecule has 0 bridgehead atoms. The van der Waals surface area contributed by atoms with E-state index in [1.165, 1.54) is 75.8 Å². The Hall–Kier alpha value is -5.47. The number of para-hydroxylation sites is 2. The summed E-state index contributed by atoms with van der Waals surface area (Å²) in [4.78, 5) is 3.41. The van der Waals surface area contributed by atoms with Crippen molar-refractivity contribution in [3.8, 4) is 50.5 Å². The van der Waals surface area contributed by atoms with E-state index in [9.17, 15) is 0 Å². The Morgan fingerprint density at radius 2 is 0.845 bits per heavy atom. The fourth-order valence-electron chi connectivity index (χ4n) is 6.83. The molecule has 0 saturated carbocycles. The molecule has 0 unspecified atom stereocenters. The van der Waals surface area contributed by atoms with Crippen molar-refractivity contribution in [2.45, 2.75) is 7.43 Å². The second-order valence-electron chi connectivity index (χ2n) is 13.5. The van der Waals surface area contributed by atoms with Gasteiger partial charge in [0, 0.05) is 40.2 Å². The van der Waals surface area contributed by atoms with Gasteiger partial charge in [0.15, 0.2) is 0 Å². The molecule has 0 saturated heterocycles. The van der Waals surface area contributed by atoms with E-state index < -0.39 is 0 Å². The maximum Gasteiger partial charge on any atom is 0.0540 e. The number of H-pyrrole nitrogens is 1. The minimum atomic E-state index is 0. The molecule has 58 heavy (non-hydrogen) atoms. The zero-order valence-electron chi connectivity index (χ0n) is 30.9. The van der Waals surface area contributed by atoms with Crippen LogP contribution in [0.15, 0.2) is 227 Å². The number of hydrogen-bond acceptors (Lipinski definition) is 0. The quantitative estimate of drug-likeness (QED) is 0.166. The Kier molecular flexibility index (Phi) is 13.6. The Balaban J connectivity index is 0.000000144. The van der Waals surface area contributed by atoms with E-state index in [1.54, 1.807) is 0 Å². The molecule has 0 aliphatic carbocycles. The van der Waals surface area contributed by atoms with Crippen molar-refractivity contribution in [2.24, 2.45) is 0 Å². The highest BCUT2D eigenvalue weighted by atomic mass is 127. The third-order valence-corrected chi connectivity index (χ3v) is 11.5. The molecule has 8 aromatic carbocycles. The number of fused-ring (bicyclic) bond motifs is 2. The molecule has 0 atom stereocenters. The summed E-state index contributed by atoms with van der Waals surface area (Å²) in [6.45, 7) is 0. The standard InChI is InChI=1S/C26H18BrN.C14H11N.C12H8BrI.CH4/c27-23-14-10-19(11-15-23)20-12-16-24(17-13-20)28-25-9-5-4-8-22(25)18-26(28)21-6-2-1-3-7-21;1-2-6-11(7-3-1)14-10-12-8-4-5-9-13(12)15-14;13-11-5-1-9(2-6-11)10-3-7-12(14)8-4-10;/h1-18H;1-10,15H;1-8H;1H4. The Labute approximate surface area is 371 Å². The molecule has 2 nitrogen and oxygen atoms in total. The van der Waals surface area contributed by atoms with E-state index in [0.29, 0.717) is 0 Å². The zero-order valence-corrected chi connectivity index (χ0v) is 36.2. The van der Waals surface area contributed by atoms with E-state index in [0.717, 1.165) is 8.95 Å². The van der Waals surface area contributed by atoms with E-state index in [1.807, 2.05) is 12.1 Å². The first-order valence-corrected chi connectivity index (χ1v) is 21.3. The number of aromatic amines is 1. The molecule has 5 heteroatoms. The van der Waals surface area contributed by atoms with Gasteiger partial charge in [-0.15, -0.1) is 0 Å². The van der Waals surface area contributed by atoms with Crippen molar-refractivity contribution >= 4 is 76.3 Å². The van der Waals surface area contributed by atoms with E-state index in [4.69, 9.17) is 0 Å². The van der Waals surface area contributed by atoms with Crippen LogP contribution in [0, 0.1) is 3.57 Å². The molecule has 10 aromatic rings. The van der Waals surface area contributed by atoms with Crippen LogP contribution < -0.4 is 0 Å². The van der Waals surface area contributed by atoms with Gasteiger partial charge in [0.1, 0.15) is 0 Å². The van der Waals surface area contributed by atoms with Crippen LogP contribution in [0.3, 0.4) is 0 Å². The minimum absolute atomic E-state index is 0. The van der Waals surface area contributed by atoms with Gasteiger partial charge in [0.25, 0.3) is 0 Å². The summed E-state index contributed by atoms with van der Waals surface area (Å²) in [7, 11) is 0. The molecular weight excluding hydrogens is 951 g/mol. The normalized spacial score (nSPS) is 10.5. The first-order chi connectivity index (χ1) is 28.0. The third-order valence-electron chi connectivity index (χ3n) is 9.72. The lowest BCUT2D eigenvalue weighted by atomic mass is 10.1. The average Bonchev–Trinajstić information content (AvgIpc) is 3.89. The second-order valence-corrected chi connectivity index (χ2v) is 16.6. The molecule has 0 radical (unpaired) electrons. The fourth-order valence-corrected chi connectivity index (χ4v) is 7.72. The largest absolute Gasteiger partial charge is 0.355 e. The lowest BCUT2D eigenvalue weighted by molar-refractivity contribution is 1.13. The van der Waals surface area contributed by atoms with Crippen LogP contribution in [0.2, 0.25) is 0 Å². The first-order valence-electron chi connectivity index (χ1n) is 18.7. The molecule has 2 aromatic heterocycles. The van der Waals surface area contributed by atoms with Gasteiger partial charge in [-0.25, -0.2) is 0 Å². The monoisotopic (exact) mass is 990 g/mol. The number of nitrogens with one attached hydrogen (secondary N) is 1. The maximum absolute atomic E-state index is 3.51. The number of halogens is 3. The molecule has 0 aliphatic heterocycles. The lowest BCUT2D eigenvalue weighted by Gasteiger charge is -2.12. The van der Waals surface area contributed by atoms with Crippen molar-refractivity contribution in [3.05, 3.63) is 231 Å². The Bertz CT molecular complexity index is 2750. The predicted octanol–water partition coefficient (Wildman–Crippen LogP) is 16.9. The molecule has 0 aliphatic rings. The molecule has 1 N–H and O–H groups in total. The molecule has 0 fully saturated rings. The fraction of sp³-hybridized carbons (Fsp3) is 0.0189. The van der Waals surface area contributed by atoms with Crippen molar-refractivity contribution in [2.75, 3.05) is 0 Å². The van der Waals surface area contributed by atoms with Crippen LogP contribution >= 0.6 is 54.5 Å². The SMILES string of the molecule is Brc1ccc(-c2ccc(-n3c(-c4ccccc4)cc4ccccc43)cc2)cc1.Brc1ccc(-c2ccc(I)cc2)cc1.C.c1ccc(-c2cc3ccccc3[nH]2)cc1. The second kappa shape index (κ2) is 19.3. The summed E-state index contributed by atoms with van der Waals surface area (Å²) in [6, 6.07) is 76.4. The number of hydrogen-bond donors (Lipinski definition) is 1. The smallest absolute Gasteiger partial charge is 0.0540 e. The number of nitrogens with zero attached hydrogens (tertiary/aromatic N) is 1. The van der Waals surface area contributed by atoms with Gasteiger partial charge in [-0.2, -0.15) is 0 Å². The third kappa shape index (κ3) is 9.79. The average molecular weight is 993 g/mol. The van der Waals surface area contributed by atoms with Gasteiger partial charge < -0.3 is 9.55 Å². The minimum Gasteiger partial charge on any atom is -0.355 e. The van der Waals surface area contributed by atoms with Crippen LogP contribution in [0.25, 0.3) is 72.3 Å². The number of rotatable bonds is 5. The molecular formula is C53H41Br2IN2. The van der Waals surface area contributed by atoms with Crippen molar-refractivity contribution < 1.29 is 0 Å². The van der Waals surface area contributed by atoms with Gasteiger partial charge >= 0.3 is 0 Å². The maximum atomic E-state index is 3.51. The highest BCUT2D eigenvalue weighted by molar-refractivity contribution is 14.1. The van der Waals surface area contributed by atoms with Gasteiger partial charge in [0.2, 0.25) is 0 Å². The summed E-state index contributed by atoms with van der Waals surface area (Å²) < 4.78 is 5.82. The molecule has 10 rings (SSSR count). The topological polar surface area (TPSA) is 20.7 Å². The lowest BCUT2D eigenvalue weighted by Crippen LogP contribution is -1.96. The number of benzene rings is 8. The summed E-state index contributed by atoms with van der Waals surface area (Å²) in [6.07, 6.45) is 0. The summed E-state index contributed by atoms with van der Waals surface area (Å²) in [5.41, 5.74) is 13.4. The predicted molar refractivity (Wildman–Crippen MR) is 265 cm³/mol. The van der Waals surface area contributed by atoms with Gasteiger partial charge in [-0.1, -0.05) is 185 Å². The highest BCUT2D eigenvalue weighted by Gasteiger charge is 2.12. The molecule has 0 amide bonds. The summed E-state index contributed by atoms with van der Waals surface area (Å²) in [5.74, 6) is 0. The summed E-state index contributed by atoms with van der Waals surface area (Å²) >= 11 is 9.25. The summed E-state index contributed by atoms with van der Waals surface area (Å²) in [5, 5.41) is 2.51. The van der Waals surface area contributed by atoms with E-state index in [2.05, 4.69) is 270 Å². The van der Waals surface area contributed by atoms with Crippen LogP contribution in [-0.4, -0.2) is 9.55 Å². The van der Waals surface area contributed by atoms with E-state index >= 15 is 0 Å². The Morgan fingerprint density at radius 3 is 1.40 bits per heavy atom. The highest BCUT2D eigenvalue weighted by Crippen LogP contribution is 2.33. The van der Waals surface area contributed by atoms with Crippen LogP contribution in [-0.2, 0) is 0 Å². The molecule has 2 heterocycles.